The standard InChI is InChI=1S/C16H13N3O4S/c1-10-5-6-13(14(20)7-10)15-17-18-16(23-15)24-9-11-3-2-4-12(8-11)19(21)22/h2-8,20H,9H2,1H3. The van der Waals surface area contributed by atoms with Gasteiger partial charge in [-0.05, 0) is 30.2 Å². The highest BCUT2D eigenvalue weighted by molar-refractivity contribution is 7.98. The van der Waals surface area contributed by atoms with Crippen LogP contribution in [0.5, 0.6) is 5.75 Å². The van der Waals surface area contributed by atoms with Crippen LogP contribution in [0.2, 0.25) is 0 Å². The normalized spacial score (nSPS) is 10.7. The summed E-state index contributed by atoms with van der Waals surface area (Å²) in [5.74, 6) is 0.770. The number of rotatable bonds is 5. The maximum Gasteiger partial charge on any atom is 0.277 e. The van der Waals surface area contributed by atoms with Crippen molar-refractivity contribution in [3.63, 3.8) is 0 Å². The lowest BCUT2D eigenvalue weighted by Gasteiger charge is -2.00. The van der Waals surface area contributed by atoms with Gasteiger partial charge in [0, 0.05) is 17.9 Å². The molecule has 2 aromatic carbocycles. The van der Waals surface area contributed by atoms with Crippen molar-refractivity contribution in [2.24, 2.45) is 0 Å². The molecule has 1 N–H and O–H groups in total. The van der Waals surface area contributed by atoms with Crippen LogP contribution < -0.4 is 0 Å². The second-order valence-electron chi connectivity index (χ2n) is 5.11. The van der Waals surface area contributed by atoms with Crippen molar-refractivity contribution in [3.05, 3.63) is 63.7 Å². The first-order valence-corrected chi connectivity index (χ1v) is 8.01. The molecule has 0 fully saturated rings. The fourth-order valence-electron chi connectivity index (χ4n) is 2.10. The van der Waals surface area contributed by atoms with E-state index in [2.05, 4.69) is 10.2 Å². The van der Waals surface area contributed by atoms with E-state index in [1.165, 1.54) is 23.9 Å². The summed E-state index contributed by atoms with van der Waals surface area (Å²) in [7, 11) is 0. The number of benzene rings is 2. The second-order valence-corrected chi connectivity index (χ2v) is 6.04. The van der Waals surface area contributed by atoms with Gasteiger partial charge < -0.3 is 9.52 Å². The third-order valence-corrected chi connectivity index (χ3v) is 4.16. The van der Waals surface area contributed by atoms with Crippen LogP contribution in [0.3, 0.4) is 0 Å². The predicted octanol–water partition coefficient (Wildman–Crippen LogP) is 3.95. The Bertz CT molecular complexity index is 895. The molecular formula is C16H13N3O4S. The van der Waals surface area contributed by atoms with Gasteiger partial charge in [0.05, 0.1) is 10.5 Å². The minimum Gasteiger partial charge on any atom is -0.507 e. The summed E-state index contributed by atoms with van der Waals surface area (Å²) < 4.78 is 5.54. The highest BCUT2D eigenvalue weighted by Crippen LogP contribution is 2.31. The Labute approximate surface area is 141 Å². The highest BCUT2D eigenvalue weighted by atomic mass is 32.2. The van der Waals surface area contributed by atoms with Crippen LogP contribution in [0, 0.1) is 17.0 Å². The second kappa shape index (κ2) is 6.71. The molecule has 0 unspecified atom stereocenters. The Kier molecular flexibility index (Phi) is 4.48. The Balaban J connectivity index is 1.72. The van der Waals surface area contributed by atoms with Crippen LogP contribution in [0.25, 0.3) is 11.5 Å². The van der Waals surface area contributed by atoms with E-state index in [4.69, 9.17) is 4.42 Å². The summed E-state index contributed by atoms with van der Waals surface area (Å²) >= 11 is 1.27. The van der Waals surface area contributed by atoms with Crippen LogP contribution in [0.4, 0.5) is 5.69 Å². The van der Waals surface area contributed by atoms with Gasteiger partial charge in [0.1, 0.15) is 5.75 Å². The number of hydrogen-bond donors (Lipinski definition) is 1. The number of thioether (sulfide) groups is 1. The molecular weight excluding hydrogens is 330 g/mol. The number of aromatic hydroxyl groups is 1. The zero-order chi connectivity index (χ0) is 17.1. The summed E-state index contributed by atoms with van der Waals surface area (Å²) in [6.07, 6.45) is 0. The molecule has 0 saturated heterocycles. The molecule has 1 heterocycles. The fourth-order valence-corrected chi connectivity index (χ4v) is 2.81. The van der Waals surface area contributed by atoms with Gasteiger partial charge >= 0.3 is 0 Å². The van der Waals surface area contributed by atoms with E-state index in [9.17, 15) is 15.2 Å². The zero-order valence-electron chi connectivity index (χ0n) is 12.7. The summed E-state index contributed by atoms with van der Waals surface area (Å²) in [5, 5.41) is 28.9. The molecule has 0 atom stereocenters. The van der Waals surface area contributed by atoms with Crippen molar-refractivity contribution in [3.8, 4) is 17.2 Å². The maximum absolute atomic E-state index is 10.8. The minimum atomic E-state index is -0.431. The number of nitrogens with zero attached hydrogens (tertiary/aromatic N) is 3. The van der Waals surface area contributed by atoms with Crippen molar-refractivity contribution in [2.75, 3.05) is 0 Å². The number of nitro benzene ring substituents is 1. The molecule has 0 spiro atoms. The topological polar surface area (TPSA) is 102 Å². The van der Waals surface area contributed by atoms with E-state index in [1.807, 2.05) is 13.0 Å². The van der Waals surface area contributed by atoms with Gasteiger partial charge in [0.15, 0.2) is 0 Å². The lowest BCUT2D eigenvalue weighted by atomic mass is 10.1. The monoisotopic (exact) mass is 343 g/mol. The largest absolute Gasteiger partial charge is 0.507 e. The van der Waals surface area contributed by atoms with E-state index in [0.717, 1.165) is 11.1 Å². The SMILES string of the molecule is Cc1ccc(-c2nnc(SCc3cccc([N+](=O)[O-])c3)o2)c(O)c1. The van der Waals surface area contributed by atoms with Gasteiger partial charge in [-0.25, -0.2) is 0 Å². The molecule has 0 bridgehead atoms. The molecule has 0 saturated carbocycles. The average Bonchev–Trinajstić information content (AvgIpc) is 3.02. The van der Waals surface area contributed by atoms with Crippen molar-refractivity contribution in [1.29, 1.82) is 0 Å². The highest BCUT2D eigenvalue weighted by Gasteiger charge is 2.13. The van der Waals surface area contributed by atoms with E-state index >= 15 is 0 Å². The van der Waals surface area contributed by atoms with E-state index < -0.39 is 4.92 Å². The third-order valence-electron chi connectivity index (χ3n) is 3.27. The summed E-state index contributed by atoms with van der Waals surface area (Å²) in [6, 6.07) is 11.6. The molecule has 122 valence electrons. The quantitative estimate of drug-likeness (QED) is 0.425. The first-order valence-electron chi connectivity index (χ1n) is 7.02. The predicted molar refractivity (Wildman–Crippen MR) is 88.8 cm³/mol. The molecule has 0 amide bonds. The van der Waals surface area contributed by atoms with E-state index in [1.54, 1.807) is 24.3 Å². The van der Waals surface area contributed by atoms with Crippen LogP contribution in [0.1, 0.15) is 11.1 Å². The molecule has 1 aromatic heterocycles. The van der Waals surface area contributed by atoms with Crippen molar-refractivity contribution < 1.29 is 14.4 Å². The molecule has 0 radical (unpaired) electrons. The van der Waals surface area contributed by atoms with Gasteiger partial charge in [-0.15, -0.1) is 10.2 Å². The smallest absolute Gasteiger partial charge is 0.277 e. The van der Waals surface area contributed by atoms with Crippen LogP contribution >= 0.6 is 11.8 Å². The van der Waals surface area contributed by atoms with Gasteiger partial charge in [-0.2, -0.15) is 0 Å². The van der Waals surface area contributed by atoms with Gasteiger partial charge in [-0.1, -0.05) is 30.0 Å². The third kappa shape index (κ3) is 3.54. The number of aromatic nitrogens is 2. The van der Waals surface area contributed by atoms with E-state index in [0.29, 0.717) is 16.5 Å². The van der Waals surface area contributed by atoms with Gasteiger partial charge in [-0.3, -0.25) is 10.1 Å². The summed E-state index contributed by atoms with van der Waals surface area (Å²) in [4.78, 5) is 10.3. The van der Waals surface area contributed by atoms with Crippen LogP contribution in [-0.4, -0.2) is 20.2 Å². The molecule has 0 aliphatic carbocycles. The van der Waals surface area contributed by atoms with Crippen molar-refractivity contribution in [1.82, 2.24) is 10.2 Å². The number of phenols is 1. The van der Waals surface area contributed by atoms with Gasteiger partial charge in [0.2, 0.25) is 0 Å². The molecule has 0 aliphatic rings. The molecule has 3 rings (SSSR count). The number of aryl methyl sites for hydroxylation is 1. The lowest BCUT2D eigenvalue weighted by Crippen LogP contribution is -1.89. The van der Waals surface area contributed by atoms with Crippen LogP contribution in [-0.2, 0) is 5.75 Å². The molecule has 7 nitrogen and oxygen atoms in total. The first kappa shape index (κ1) is 16.0. The Morgan fingerprint density at radius 1 is 1.25 bits per heavy atom. The first-order chi connectivity index (χ1) is 11.5. The minimum absolute atomic E-state index is 0.0453. The van der Waals surface area contributed by atoms with Crippen molar-refractivity contribution in [2.45, 2.75) is 17.9 Å². The molecule has 24 heavy (non-hydrogen) atoms. The molecule has 3 aromatic rings. The Hall–Kier alpha value is -2.87. The van der Waals surface area contributed by atoms with Crippen molar-refractivity contribution >= 4 is 17.4 Å². The summed E-state index contributed by atoms with van der Waals surface area (Å²) in [5.41, 5.74) is 2.22. The fraction of sp³-hybridized carbons (Fsp3) is 0.125. The summed E-state index contributed by atoms with van der Waals surface area (Å²) in [6.45, 7) is 1.87. The number of hydrogen-bond acceptors (Lipinski definition) is 7. The van der Waals surface area contributed by atoms with Crippen LogP contribution in [0.15, 0.2) is 52.1 Å². The number of non-ortho nitro benzene ring substituents is 1. The maximum atomic E-state index is 10.8. The lowest BCUT2D eigenvalue weighted by molar-refractivity contribution is -0.384. The Morgan fingerprint density at radius 2 is 2.08 bits per heavy atom. The van der Waals surface area contributed by atoms with Gasteiger partial charge in [0.25, 0.3) is 16.8 Å². The Morgan fingerprint density at radius 3 is 2.83 bits per heavy atom. The average molecular weight is 343 g/mol. The molecule has 8 heteroatoms. The number of phenolic OH excluding ortho intramolecular Hbond substituents is 1. The molecule has 0 aliphatic heterocycles. The zero-order valence-corrected chi connectivity index (χ0v) is 13.5. The number of nitro groups is 1. The van der Waals surface area contributed by atoms with E-state index in [-0.39, 0.29) is 17.3 Å².